The minimum absolute atomic E-state index is 0.216. The van der Waals surface area contributed by atoms with Gasteiger partial charge in [-0.2, -0.15) is 0 Å². The van der Waals surface area contributed by atoms with E-state index in [4.69, 9.17) is 4.74 Å². The van der Waals surface area contributed by atoms with Crippen molar-refractivity contribution in [2.24, 2.45) is 0 Å². The quantitative estimate of drug-likeness (QED) is 0.730. The molecule has 1 aromatic heterocycles. The van der Waals surface area contributed by atoms with E-state index in [9.17, 15) is 4.79 Å². The van der Waals surface area contributed by atoms with Crippen LogP contribution in [-0.2, 0) is 17.6 Å². The first-order chi connectivity index (χ1) is 7.66. The van der Waals surface area contributed by atoms with E-state index in [-0.39, 0.29) is 6.09 Å². The molecule has 3 heteroatoms. The molecule has 1 aliphatic rings. The first kappa shape index (κ1) is 11.2. The first-order valence-electron chi connectivity index (χ1n) is 6.03. The van der Waals surface area contributed by atoms with Gasteiger partial charge in [0, 0.05) is 11.4 Å². The number of nitrogens with zero attached hydrogens (tertiary/aromatic N) is 1. The number of aromatic nitrogens is 1. The molecule has 0 saturated carbocycles. The number of ether oxygens (including phenoxy) is 1. The predicted octanol–water partition coefficient (Wildman–Crippen LogP) is 2.99. The maximum Gasteiger partial charge on any atom is 0.418 e. The summed E-state index contributed by atoms with van der Waals surface area (Å²) in [5, 5.41) is 0. The minimum Gasteiger partial charge on any atom is -0.449 e. The van der Waals surface area contributed by atoms with Crippen molar-refractivity contribution in [2.75, 3.05) is 6.61 Å². The third kappa shape index (κ3) is 1.64. The standard InChI is InChI=1S/C13H19NO2/c1-4-16-13(15)14-10(3)9(2)11-7-5-6-8-12(11)14/h4-8H2,1-3H3. The van der Waals surface area contributed by atoms with E-state index in [2.05, 4.69) is 6.92 Å². The van der Waals surface area contributed by atoms with E-state index in [1.165, 1.54) is 29.7 Å². The molecule has 0 unspecified atom stereocenters. The second-order valence-electron chi connectivity index (χ2n) is 4.38. The molecule has 88 valence electrons. The predicted molar refractivity (Wildman–Crippen MR) is 63.0 cm³/mol. The van der Waals surface area contributed by atoms with Gasteiger partial charge >= 0.3 is 6.09 Å². The number of fused-ring (bicyclic) bond motifs is 1. The van der Waals surface area contributed by atoms with Crippen LogP contribution in [0.3, 0.4) is 0 Å². The summed E-state index contributed by atoms with van der Waals surface area (Å²) in [5.41, 5.74) is 4.87. The van der Waals surface area contributed by atoms with Gasteiger partial charge in [0.25, 0.3) is 0 Å². The zero-order valence-electron chi connectivity index (χ0n) is 10.3. The van der Waals surface area contributed by atoms with Gasteiger partial charge in [-0.05, 0) is 57.6 Å². The monoisotopic (exact) mass is 221 g/mol. The highest BCUT2D eigenvalue weighted by molar-refractivity contribution is 5.74. The van der Waals surface area contributed by atoms with E-state index in [0.717, 1.165) is 18.5 Å². The molecule has 0 atom stereocenters. The maximum atomic E-state index is 11.9. The molecule has 0 radical (unpaired) electrons. The van der Waals surface area contributed by atoms with Crippen LogP contribution in [0.5, 0.6) is 0 Å². The SMILES string of the molecule is CCOC(=O)n1c(C)c(C)c2c1CCCC2. The average molecular weight is 221 g/mol. The van der Waals surface area contributed by atoms with Crippen molar-refractivity contribution in [1.29, 1.82) is 0 Å². The van der Waals surface area contributed by atoms with Gasteiger partial charge in [0.05, 0.1) is 6.61 Å². The fraction of sp³-hybridized carbons (Fsp3) is 0.615. The Hall–Kier alpha value is -1.25. The summed E-state index contributed by atoms with van der Waals surface area (Å²) in [7, 11) is 0. The lowest BCUT2D eigenvalue weighted by molar-refractivity contribution is 0.152. The topological polar surface area (TPSA) is 31.2 Å². The number of carbonyl (C=O) groups is 1. The Bertz CT molecular complexity index is 418. The van der Waals surface area contributed by atoms with Crippen molar-refractivity contribution < 1.29 is 9.53 Å². The van der Waals surface area contributed by atoms with E-state index in [1.54, 1.807) is 4.57 Å². The molecule has 0 aromatic carbocycles. The van der Waals surface area contributed by atoms with Crippen molar-refractivity contribution in [3.8, 4) is 0 Å². The van der Waals surface area contributed by atoms with Gasteiger partial charge in [0.2, 0.25) is 0 Å². The van der Waals surface area contributed by atoms with Gasteiger partial charge in [0.15, 0.2) is 0 Å². The molecular formula is C13H19NO2. The fourth-order valence-corrected chi connectivity index (χ4v) is 2.56. The van der Waals surface area contributed by atoms with E-state index in [1.807, 2.05) is 13.8 Å². The average Bonchev–Trinajstić information content (AvgIpc) is 2.53. The number of hydrogen-bond acceptors (Lipinski definition) is 2. The summed E-state index contributed by atoms with van der Waals surface area (Å²) in [6, 6.07) is 0. The zero-order valence-corrected chi connectivity index (χ0v) is 10.3. The molecule has 0 bridgehead atoms. The van der Waals surface area contributed by atoms with E-state index in [0.29, 0.717) is 6.61 Å². The second-order valence-corrected chi connectivity index (χ2v) is 4.38. The lowest BCUT2D eigenvalue weighted by Crippen LogP contribution is -2.19. The van der Waals surface area contributed by atoms with Crippen molar-refractivity contribution in [3.63, 3.8) is 0 Å². The van der Waals surface area contributed by atoms with Crippen molar-refractivity contribution in [1.82, 2.24) is 4.57 Å². The molecule has 1 heterocycles. The van der Waals surface area contributed by atoms with Gasteiger partial charge in [-0.3, -0.25) is 4.57 Å². The van der Waals surface area contributed by atoms with Crippen LogP contribution in [0.1, 0.15) is 42.3 Å². The lowest BCUT2D eigenvalue weighted by atomic mass is 9.95. The molecule has 16 heavy (non-hydrogen) atoms. The Kier molecular flexibility index (Phi) is 3.03. The third-order valence-electron chi connectivity index (χ3n) is 3.49. The highest BCUT2D eigenvalue weighted by Gasteiger charge is 2.24. The van der Waals surface area contributed by atoms with Gasteiger partial charge in [0.1, 0.15) is 0 Å². The van der Waals surface area contributed by atoms with Crippen LogP contribution in [0, 0.1) is 13.8 Å². The smallest absolute Gasteiger partial charge is 0.418 e. The molecular weight excluding hydrogens is 202 g/mol. The van der Waals surface area contributed by atoms with E-state index < -0.39 is 0 Å². The highest BCUT2D eigenvalue weighted by Crippen LogP contribution is 2.29. The number of hydrogen-bond donors (Lipinski definition) is 0. The number of carbonyl (C=O) groups excluding carboxylic acids is 1. The van der Waals surface area contributed by atoms with Gasteiger partial charge < -0.3 is 4.74 Å². The Balaban J connectivity index is 2.48. The largest absolute Gasteiger partial charge is 0.449 e. The van der Waals surface area contributed by atoms with Crippen LogP contribution in [0.4, 0.5) is 4.79 Å². The summed E-state index contributed by atoms with van der Waals surface area (Å²) in [5.74, 6) is 0. The summed E-state index contributed by atoms with van der Waals surface area (Å²) >= 11 is 0. The van der Waals surface area contributed by atoms with Crippen LogP contribution < -0.4 is 0 Å². The zero-order chi connectivity index (χ0) is 11.7. The van der Waals surface area contributed by atoms with Gasteiger partial charge in [-0.15, -0.1) is 0 Å². The molecule has 1 aliphatic carbocycles. The molecule has 0 spiro atoms. The fourth-order valence-electron chi connectivity index (χ4n) is 2.56. The highest BCUT2D eigenvalue weighted by atomic mass is 16.5. The molecule has 0 N–H and O–H groups in total. The molecule has 0 aliphatic heterocycles. The van der Waals surface area contributed by atoms with Crippen molar-refractivity contribution >= 4 is 6.09 Å². The molecule has 0 fully saturated rings. The van der Waals surface area contributed by atoms with Crippen LogP contribution in [0.2, 0.25) is 0 Å². The van der Waals surface area contributed by atoms with Crippen LogP contribution >= 0.6 is 0 Å². The summed E-state index contributed by atoms with van der Waals surface area (Å²) < 4.78 is 6.88. The normalized spacial score (nSPS) is 14.7. The molecule has 2 rings (SSSR count). The van der Waals surface area contributed by atoms with Crippen LogP contribution in [0.25, 0.3) is 0 Å². The summed E-state index contributed by atoms with van der Waals surface area (Å²) in [6.07, 6.45) is 4.30. The Labute approximate surface area is 96.4 Å². The van der Waals surface area contributed by atoms with Crippen molar-refractivity contribution in [2.45, 2.75) is 46.5 Å². The van der Waals surface area contributed by atoms with Gasteiger partial charge in [-0.1, -0.05) is 0 Å². The molecule has 1 aromatic rings. The van der Waals surface area contributed by atoms with Crippen LogP contribution in [0.15, 0.2) is 0 Å². The molecule has 0 amide bonds. The molecule has 0 saturated heterocycles. The molecule has 3 nitrogen and oxygen atoms in total. The Morgan fingerprint density at radius 1 is 1.31 bits per heavy atom. The second kappa shape index (κ2) is 4.32. The first-order valence-corrected chi connectivity index (χ1v) is 6.03. The van der Waals surface area contributed by atoms with E-state index >= 15 is 0 Å². The summed E-state index contributed by atoms with van der Waals surface area (Å²) in [4.78, 5) is 11.9. The number of rotatable bonds is 1. The third-order valence-corrected chi connectivity index (χ3v) is 3.49. The van der Waals surface area contributed by atoms with Crippen molar-refractivity contribution in [3.05, 3.63) is 22.5 Å². The maximum absolute atomic E-state index is 11.9. The van der Waals surface area contributed by atoms with Crippen LogP contribution in [-0.4, -0.2) is 17.3 Å². The summed E-state index contributed by atoms with van der Waals surface area (Å²) in [6.45, 7) is 6.39. The lowest BCUT2D eigenvalue weighted by Gasteiger charge is -2.15. The minimum atomic E-state index is -0.216. The Morgan fingerprint density at radius 2 is 2.00 bits per heavy atom. The van der Waals surface area contributed by atoms with Gasteiger partial charge in [-0.25, -0.2) is 4.79 Å². The Morgan fingerprint density at radius 3 is 2.69 bits per heavy atom.